The SMILES string of the molecule is CCOc1cc2c(cc1NCCn1cc[n+](C)c1)OCO2.[Cl-]. The largest absolute Gasteiger partial charge is 1.00 e. The van der Waals surface area contributed by atoms with Crippen molar-refractivity contribution in [2.75, 3.05) is 25.3 Å². The molecule has 2 heterocycles. The second-order valence-corrected chi connectivity index (χ2v) is 4.88. The van der Waals surface area contributed by atoms with Crippen molar-refractivity contribution in [1.29, 1.82) is 0 Å². The molecule has 22 heavy (non-hydrogen) atoms. The van der Waals surface area contributed by atoms with Gasteiger partial charge in [0, 0.05) is 12.1 Å². The summed E-state index contributed by atoms with van der Waals surface area (Å²) in [5.74, 6) is 2.29. The first-order valence-corrected chi connectivity index (χ1v) is 7.07. The third-order valence-electron chi connectivity index (χ3n) is 3.28. The predicted octanol–water partition coefficient (Wildman–Crippen LogP) is -1.44. The van der Waals surface area contributed by atoms with Gasteiger partial charge in [-0.15, -0.1) is 0 Å². The number of ether oxygens (including phenoxy) is 3. The van der Waals surface area contributed by atoms with E-state index in [1.54, 1.807) is 0 Å². The van der Waals surface area contributed by atoms with Crippen LogP contribution in [0.25, 0.3) is 0 Å². The number of benzene rings is 1. The molecule has 7 heteroatoms. The molecule has 1 aromatic heterocycles. The van der Waals surface area contributed by atoms with Crippen molar-refractivity contribution >= 4 is 5.69 Å². The number of imidazole rings is 1. The van der Waals surface area contributed by atoms with Gasteiger partial charge >= 0.3 is 0 Å². The highest BCUT2D eigenvalue weighted by Crippen LogP contribution is 2.40. The highest BCUT2D eigenvalue weighted by Gasteiger charge is 2.18. The van der Waals surface area contributed by atoms with Crippen molar-refractivity contribution in [3.63, 3.8) is 0 Å². The topological polar surface area (TPSA) is 48.5 Å². The molecule has 0 aliphatic carbocycles. The lowest BCUT2D eigenvalue weighted by Gasteiger charge is -2.12. The van der Waals surface area contributed by atoms with Crippen molar-refractivity contribution in [2.24, 2.45) is 7.05 Å². The number of anilines is 1. The van der Waals surface area contributed by atoms with E-state index in [1.165, 1.54) is 0 Å². The number of halogens is 1. The first-order chi connectivity index (χ1) is 10.3. The van der Waals surface area contributed by atoms with E-state index >= 15 is 0 Å². The van der Waals surface area contributed by atoms with Crippen molar-refractivity contribution in [1.82, 2.24) is 4.57 Å². The van der Waals surface area contributed by atoms with Gasteiger partial charge in [0.1, 0.15) is 24.7 Å². The highest BCUT2D eigenvalue weighted by atomic mass is 35.5. The van der Waals surface area contributed by atoms with Gasteiger partial charge in [0.2, 0.25) is 13.1 Å². The Labute approximate surface area is 136 Å². The van der Waals surface area contributed by atoms with E-state index in [1.807, 2.05) is 49.4 Å². The maximum atomic E-state index is 5.66. The third-order valence-corrected chi connectivity index (χ3v) is 3.28. The summed E-state index contributed by atoms with van der Waals surface area (Å²) in [4.78, 5) is 0. The molecule has 1 N–H and O–H groups in total. The van der Waals surface area contributed by atoms with Crippen LogP contribution in [-0.2, 0) is 13.6 Å². The van der Waals surface area contributed by atoms with Crippen LogP contribution in [0.3, 0.4) is 0 Å². The summed E-state index contributed by atoms with van der Waals surface area (Å²) in [7, 11) is 2.01. The number of aryl methyl sites for hydroxylation is 1. The van der Waals surface area contributed by atoms with E-state index in [9.17, 15) is 0 Å². The summed E-state index contributed by atoms with van der Waals surface area (Å²) >= 11 is 0. The second kappa shape index (κ2) is 7.26. The number of nitrogens with one attached hydrogen (secondary N) is 1. The fourth-order valence-electron chi connectivity index (χ4n) is 2.29. The molecule has 1 aliphatic heterocycles. The molecule has 3 rings (SSSR count). The van der Waals surface area contributed by atoms with Gasteiger partial charge in [0.05, 0.1) is 25.9 Å². The van der Waals surface area contributed by atoms with Crippen LogP contribution in [0.5, 0.6) is 17.2 Å². The average Bonchev–Trinajstić information content (AvgIpc) is 3.08. The van der Waals surface area contributed by atoms with Crippen LogP contribution < -0.4 is 36.5 Å². The van der Waals surface area contributed by atoms with E-state index < -0.39 is 0 Å². The first-order valence-electron chi connectivity index (χ1n) is 7.07. The second-order valence-electron chi connectivity index (χ2n) is 4.88. The quantitative estimate of drug-likeness (QED) is 0.661. The van der Waals surface area contributed by atoms with Crippen LogP contribution in [0.4, 0.5) is 5.69 Å². The van der Waals surface area contributed by atoms with Gasteiger partial charge in [-0.05, 0) is 6.92 Å². The maximum absolute atomic E-state index is 5.66. The summed E-state index contributed by atoms with van der Waals surface area (Å²) in [6, 6.07) is 3.81. The molecule has 2 aromatic rings. The molecule has 0 saturated heterocycles. The predicted molar refractivity (Wildman–Crippen MR) is 77.8 cm³/mol. The molecule has 0 spiro atoms. The summed E-state index contributed by atoms with van der Waals surface area (Å²) in [5, 5.41) is 3.39. The van der Waals surface area contributed by atoms with Crippen LogP contribution in [0.15, 0.2) is 30.9 Å². The van der Waals surface area contributed by atoms with E-state index in [2.05, 4.69) is 9.88 Å². The highest BCUT2D eigenvalue weighted by molar-refractivity contribution is 5.65. The Morgan fingerprint density at radius 1 is 1.32 bits per heavy atom. The van der Waals surface area contributed by atoms with Gasteiger partial charge in [-0.2, -0.15) is 0 Å². The minimum atomic E-state index is 0. The van der Waals surface area contributed by atoms with Crippen LogP contribution >= 0.6 is 0 Å². The number of nitrogens with zero attached hydrogens (tertiary/aromatic N) is 2. The average molecular weight is 326 g/mol. The molecule has 0 unspecified atom stereocenters. The van der Waals surface area contributed by atoms with Gasteiger partial charge in [0.15, 0.2) is 11.5 Å². The molecule has 0 bridgehead atoms. The Morgan fingerprint density at radius 2 is 2.09 bits per heavy atom. The molecule has 0 radical (unpaired) electrons. The van der Waals surface area contributed by atoms with Crippen molar-refractivity contribution in [3.05, 3.63) is 30.9 Å². The maximum Gasteiger partial charge on any atom is 0.243 e. The molecule has 120 valence electrons. The third kappa shape index (κ3) is 3.57. The number of hydrogen-bond acceptors (Lipinski definition) is 4. The van der Waals surface area contributed by atoms with Crippen LogP contribution in [0.1, 0.15) is 6.92 Å². The van der Waals surface area contributed by atoms with Gasteiger partial charge < -0.3 is 31.9 Å². The summed E-state index contributed by atoms with van der Waals surface area (Å²) < 4.78 is 20.6. The summed E-state index contributed by atoms with van der Waals surface area (Å²) in [6.07, 6.45) is 6.11. The van der Waals surface area contributed by atoms with Gasteiger partial charge in [-0.25, -0.2) is 9.13 Å². The zero-order valence-corrected chi connectivity index (χ0v) is 13.5. The monoisotopic (exact) mass is 325 g/mol. The standard InChI is InChI=1S/C15H20N3O3.ClH/c1-3-19-13-9-15-14(20-11-21-15)8-12(13)16-4-5-18-7-6-17(2)10-18;/h6-10,16H,3-5,11H2,1-2H3;1H/q+1;/p-1. The Morgan fingerprint density at radius 3 is 2.77 bits per heavy atom. The van der Waals surface area contributed by atoms with E-state index in [0.717, 1.165) is 36.0 Å². The number of rotatable bonds is 6. The normalized spacial score (nSPS) is 11.9. The summed E-state index contributed by atoms with van der Waals surface area (Å²) in [5.41, 5.74) is 0.928. The van der Waals surface area contributed by atoms with E-state index in [0.29, 0.717) is 6.61 Å². The Hall–Kier alpha value is -2.08. The van der Waals surface area contributed by atoms with Crippen molar-refractivity contribution in [2.45, 2.75) is 13.5 Å². The lowest BCUT2D eigenvalue weighted by molar-refractivity contribution is -0.671. The first kappa shape index (κ1) is 16.3. The van der Waals surface area contributed by atoms with Crippen LogP contribution in [0.2, 0.25) is 0 Å². The van der Waals surface area contributed by atoms with E-state index in [4.69, 9.17) is 14.2 Å². The zero-order valence-electron chi connectivity index (χ0n) is 12.7. The number of aromatic nitrogens is 2. The Kier molecular flexibility index (Phi) is 5.38. The lowest BCUT2D eigenvalue weighted by Crippen LogP contribution is -3.00. The lowest BCUT2D eigenvalue weighted by atomic mass is 10.2. The van der Waals surface area contributed by atoms with Gasteiger partial charge in [-0.3, -0.25) is 0 Å². The molecule has 0 saturated carbocycles. The van der Waals surface area contributed by atoms with Crippen molar-refractivity contribution in [3.8, 4) is 17.2 Å². The van der Waals surface area contributed by atoms with Crippen LogP contribution in [-0.4, -0.2) is 24.5 Å². The molecule has 6 nitrogen and oxygen atoms in total. The molecular formula is C15H20ClN3O3. The molecule has 1 aliphatic rings. The zero-order chi connectivity index (χ0) is 14.7. The molecule has 1 aromatic carbocycles. The van der Waals surface area contributed by atoms with E-state index in [-0.39, 0.29) is 19.2 Å². The van der Waals surface area contributed by atoms with Crippen LogP contribution in [0, 0.1) is 0 Å². The fourth-order valence-corrected chi connectivity index (χ4v) is 2.29. The summed E-state index contributed by atoms with van der Waals surface area (Å²) in [6.45, 7) is 4.52. The Balaban J connectivity index is 0.00000176. The minimum Gasteiger partial charge on any atom is -1.00 e. The number of fused-ring (bicyclic) bond motifs is 1. The van der Waals surface area contributed by atoms with Gasteiger partial charge in [-0.1, -0.05) is 0 Å². The Bertz CT molecular complexity index is 630. The minimum absolute atomic E-state index is 0. The smallest absolute Gasteiger partial charge is 0.243 e. The number of hydrogen-bond donors (Lipinski definition) is 1. The van der Waals surface area contributed by atoms with Crippen molar-refractivity contribution < 1.29 is 31.2 Å². The fraction of sp³-hybridized carbons (Fsp3) is 0.400. The molecule has 0 fully saturated rings. The molecule has 0 amide bonds. The van der Waals surface area contributed by atoms with Gasteiger partial charge in [0.25, 0.3) is 0 Å². The molecule has 0 atom stereocenters. The molecular weight excluding hydrogens is 306 g/mol.